The molecule has 0 saturated heterocycles. The van der Waals surface area contributed by atoms with Gasteiger partial charge < -0.3 is 14.8 Å². The summed E-state index contributed by atoms with van der Waals surface area (Å²) in [6.07, 6.45) is 2.19. The number of benzene rings is 3. The van der Waals surface area contributed by atoms with Crippen molar-refractivity contribution in [3.05, 3.63) is 88.6 Å². The Bertz CT molecular complexity index is 1880. The summed E-state index contributed by atoms with van der Waals surface area (Å²) < 4.78 is 53.0. The first-order valence-electron chi connectivity index (χ1n) is 12.6. The number of rotatable bonds is 7. The predicted octanol–water partition coefficient (Wildman–Crippen LogP) is 3.55. The summed E-state index contributed by atoms with van der Waals surface area (Å²) in [6, 6.07) is 16.9. The number of aromatic nitrogens is 1. The summed E-state index contributed by atoms with van der Waals surface area (Å²) in [7, 11) is -5.72. The third kappa shape index (κ3) is 5.81. The van der Waals surface area contributed by atoms with Crippen LogP contribution in [0.2, 0.25) is 5.02 Å². The molecule has 3 aromatic carbocycles. The lowest BCUT2D eigenvalue weighted by atomic mass is 10.0. The van der Waals surface area contributed by atoms with E-state index in [1.807, 2.05) is 33.6 Å². The molecule has 0 saturated carbocycles. The largest absolute Gasteiger partial charge is 0.340 e. The number of hydrogen-bond donors (Lipinski definition) is 2. The topological polar surface area (TPSA) is 135 Å². The quantitative estimate of drug-likeness (QED) is 0.327. The Morgan fingerprint density at radius 2 is 1.61 bits per heavy atom. The molecule has 1 aliphatic heterocycles. The second kappa shape index (κ2) is 10.8. The van der Waals surface area contributed by atoms with E-state index in [4.69, 9.17) is 11.6 Å². The van der Waals surface area contributed by atoms with E-state index in [0.717, 1.165) is 34.0 Å². The van der Waals surface area contributed by atoms with Crippen LogP contribution in [0.15, 0.2) is 76.5 Å². The molecule has 214 valence electrons. The van der Waals surface area contributed by atoms with Gasteiger partial charge in [-0.05, 0) is 78.6 Å². The lowest BCUT2D eigenvalue weighted by molar-refractivity contribution is 0.0773. The number of sulfonamides is 1. The summed E-state index contributed by atoms with van der Waals surface area (Å²) >= 11 is 5.79. The number of nitrogens with zero attached hydrogens (tertiary/aromatic N) is 2. The number of sulfone groups is 1. The van der Waals surface area contributed by atoms with Crippen molar-refractivity contribution >= 4 is 54.3 Å². The Morgan fingerprint density at radius 3 is 2.27 bits per heavy atom. The third-order valence-corrected chi connectivity index (χ3v) is 9.67. The third-order valence-electron chi connectivity index (χ3n) is 6.96. The average molecular weight is 615 g/mol. The second-order valence-corrected chi connectivity index (χ2v) is 14.0. The molecule has 2 N–H and O–H groups in total. The normalized spacial score (nSPS) is 13.7. The first kappa shape index (κ1) is 28.7. The van der Waals surface area contributed by atoms with E-state index in [9.17, 15) is 26.4 Å². The van der Waals surface area contributed by atoms with Gasteiger partial charge in [0.05, 0.1) is 15.3 Å². The summed E-state index contributed by atoms with van der Waals surface area (Å²) in [5.74, 6) is -0.142. The van der Waals surface area contributed by atoms with Crippen LogP contribution in [0.1, 0.15) is 21.6 Å². The van der Waals surface area contributed by atoms with Crippen LogP contribution in [0.4, 0.5) is 4.79 Å². The highest BCUT2D eigenvalue weighted by Gasteiger charge is 2.30. The van der Waals surface area contributed by atoms with Gasteiger partial charge in [-0.1, -0.05) is 23.7 Å². The highest BCUT2D eigenvalue weighted by atomic mass is 35.5. The van der Waals surface area contributed by atoms with E-state index in [2.05, 4.69) is 5.32 Å². The van der Waals surface area contributed by atoms with Crippen molar-refractivity contribution in [1.82, 2.24) is 19.5 Å². The molecule has 13 heteroatoms. The predicted molar refractivity (Wildman–Crippen MR) is 156 cm³/mol. The minimum atomic E-state index is -4.03. The Kier molecular flexibility index (Phi) is 7.58. The van der Waals surface area contributed by atoms with Crippen molar-refractivity contribution in [2.45, 2.75) is 22.6 Å². The maximum atomic E-state index is 13.2. The molecule has 0 atom stereocenters. The smallest absolute Gasteiger partial charge is 0.328 e. The molecule has 0 aliphatic carbocycles. The number of likely N-dealkylation sites (N-methyl/N-ethyl adjacent to an activating group) is 1. The van der Waals surface area contributed by atoms with Gasteiger partial charge in [0.2, 0.25) is 0 Å². The maximum absolute atomic E-state index is 13.2. The van der Waals surface area contributed by atoms with E-state index >= 15 is 0 Å². The standard InChI is InChI=1S/C28H27ClN4O6S2/c1-32-16-14-23-24-17-22(40(2,36)37)11-12-25(24)33(26(23)27(32)34)20-7-3-18(4-8-20)13-15-30-28(35)31-41(38,39)21-9-5-19(29)6-10-21/h3-12,17H,13-16H2,1-2H3,(H2,30,31,35). The molecule has 0 fully saturated rings. The summed E-state index contributed by atoms with van der Waals surface area (Å²) in [6.45, 7) is 0.718. The van der Waals surface area contributed by atoms with Crippen LogP contribution in [0.25, 0.3) is 16.6 Å². The fourth-order valence-corrected chi connectivity index (χ4v) is 6.54. The molecular weight excluding hydrogens is 588 g/mol. The molecule has 3 amide bonds. The van der Waals surface area contributed by atoms with Crippen LogP contribution in [-0.2, 0) is 32.7 Å². The minimum absolute atomic E-state index is 0.0791. The van der Waals surface area contributed by atoms with Gasteiger partial charge in [0.15, 0.2) is 9.84 Å². The number of halogens is 1. The molecular formula is C28H27ClN4O6S2. The summed E-state index contributed by atoms with van der Waals surface area (Å²) in [4.78, 5) is 27.2. The van der Waals surface area contributed by atoms with E-state index < -0.39 is 25.9 Å². The summed E-state index contributed by atoms with van der Waals surface area (Å²) in [5, 5.41) is 3.66. The van der Waals surface area contributed by atoms with Gasteiger partial charge in [0.1, 0.15) is 5.69 Å². The van der Waals surface area contributed by atoms with Crippen LogP contribution in [0.5, 0.6) is 0 Å². The monoisotopic (exact) mass is 614 g/mol. The van der Waals surface area contributed by atoms with Gasteiger partial charge in [0, 0.05) is 42.5 Å². The number of amides is 3. The first-order chi connectivity index (χ1) is 19.3. The second-order valence-electron chi connectivity index (χ2n) is 9.82. The van der Waals surface area contributed by atoms with Gasteiger partial charge in [-0.3, -0.25) is 4.79 Å². The van der Waals surface area contributed by atoms with E-state index in [1.165, 1.54) is 24.3 Å². The Balaban J connectivity index is 1.33. The number of hydrogen-bond acceptors (Lipinski definition) is 6. The molecule has 0 bridgehead atoms. The molecule has 5 rings (SSSR count). The fourth-order valence-electron chi connectivity index (χ4n) is 4.84. The van der Waals surface area contributed by atoms with Gasteiger partial charge in [-0.2, -0.15) is 0 Å². The highest BCUT2D eigenvalue weighted by molar-refractivity contribution is 7.90. The zero-order valence-corrected chi connectivity index (χ0v) is 24.6. The van der Waals surface area contributed by atoms with Crippen molar-refractivity contribution in [3.8, 4) is 5.69 Å². The van der Waals surface area contributed by atoms with Crippen molar-refractivity contribution in [2.24, 2.45) is 0 Å². The number of carbonyl (C=O) groups excluding carboxylic acids is 2. The first-order valence-corrected chi connectivity index (χ1v) is 16.4. The Hall–Kier alpha value is -3.87. The molecule has 2 heterocycles. The minimum Gasteiger partial charge on any atom is -0.340 e. The fraction of sp³-hybridized carbons (Fsp3) is 0.214. The summed E-state index contributed by atoms with van der Waals surface area (Å²) in [5.41, 5.74) is 3.67. The maximum Gasteiger partial charge on any atom is 0.328 e. The van der Waals surface area contributed by atoms with E-state index in [-0.39, 0.29) is 22.2 Å². The molecule has 1 aliphatic rings. The number of nitrogens with one attached hydrogen (secondary N) is 2. The van der Waals surface area contributed by atoms with Crippen molar-refractivity contribution in [2.75, 3.05) is 26.4 Å². The molecule has 1 aromatic heterocycles. The van der Waals surface area contributed by atoms with Gasteiger partial charge in [0.25, 0.3) is 15.9 Å². The lowest BCUT2D eigenvalue weighted by Crippen LogP contribution is -2.40. The molecule has 41 heavy (non-hydrogen) atoms. The number of urea groups is 1. The van der Waals surface area contributed by atoms with Gasteiger partial charge >= 0.3 is 6.03 Å². The highest BCUT2D eigenvalue weighted by Crippen LogP contribution is 2.34. The zero-order chi connectivity index (χ0) is 29.5. The van der Waals surface area contributed by atoms with Crippen molar-refractivity contribution in [1.29, 1.82) is 0 Å². The number of carbonyl (C=O) groups is 2. The van der Waals surface area contributed by atoms with Crippen molar-refractivity contribution in [3.63, 3.8) is 0 Å². The number of fused-ring (bicyclic) bond motifs is 3. The van der Waals surface area contributed by atoms with E-state index in [0.29, 0.717) is 30.1 Å². The van der Waals surface area contributed by atoms with Crippen LogP contribution >= 0.6 is 11.6 Å². The molecule has 0 spiro atoms. The lowest BCUT2D eigenvalue weighted by Gasteiger charge is -2.24. The molecule has 10 nitrogen and oxygen atoms in total. The van der Waals surface area contributed by atoms with E-state index in [1.54, 1.807) is 30.1 Å². The van der Waals surface area contributed by atoms with Crippen LogP contribution in [0, 0.1) is 0 Å². The van der Waals surface area contributed by atoms with Crippen LogP contribution in [0.3, 0.4) is 0 Å². The van der Waals surface area contributed by atoms with Gasteiger partial charge in [-0.25, -0.2) is 26.4 Å². The van der Waals surface area contributed by atoms with Crippen molar-refractivity contribution < 1.29 is 26.4 Å². The van der Waals surface area contributed by atoms with Crippen LogP contribution < -0.4 is 10.0 Å². The Labute approximate surface area is 242 Å². The molecule has 0 radical (unpaired) electrons. The average Bonchev–Trinajstić information content (AvgIpc) is 3.25. The zero-order valence-electron chi connectivity index (χ0n) is 22.2. The molecule has 4 aromatic rings. The SMILES string of the molecule is CN1CCc2c(n(-c3ccc(CCNC(=O)NS(=O)(=O)c4ccc(Cl)cc4)cc3)c3ccc(S(C)(=O)=O)cc23)C1=O. The van der Waals surface area contributed by atoms with Crippen LogP contribution in [-0.4, -0.2) is 64.6 Å². The van der Waals surface area contributed by atoms with Gasteiger partial charge in [-0.15, -0.1) is 0 Å². The molecule has 0 unspecified atom stereocenters. The Morgan fingerprint density at radius 1 is 0.951 bits per heavy atom.